The van der Waals surface area contributed by atoms with Gasteiger partial charge in [-0.3, -0.25) is 19.2 Å². The second-order valence-corrected chi connectivity index (χ2v) is 16.4. The fourth-order valence-electron chi connectivity index (χ4n) is 5.34. The molecule has 324 valence electrons. The van der Waals surface area contributed by atoms with E-state index >= 15 is 0 Å². The van der Waals surface area contributed by atoms with Crippen molar-refractivity contribution in [3.8, 4) is 17.2 Å². The molecule has 1 fully saturated rings. The van der Waals surface area contributed by atoms with Gasteiger partial charge in [-0.25, -0.2) is 4.79 Å². The largest absolute Gasteiger partial charge is 0.501 e. The van der Waals surface area contributed by atoms with Gasteiger partial charge in [0.25, 0.3) is 5.91 Å². The lowest BCUT2D eigenvalue weighted by Crippen LogP contribution is -2.64. The molecule has 0 bridgehead atoms. The van der Waals surface area contributed by atoms with Gasteiger partial charge >= 0.3 is 34.3 Å². The molecule has 1 aliphatic rings. The van der Waals surface area contributed by atoms with Crippen molar-refractivity contribution in [3.05, 3.63) is 64.0 Å². The second-order valence-electron chi connectivity index (χ2n) is 14.7. The Morgan fingerprint density at radius 3 is 2.02 bits per heavy atom. The highest BCUT2D eigenvalue weighted by Gasteiger charge is 2.56. The number of benzene rings is 2. The van der Waals surface area contributed by atoms with E-state index in [1.165, 1.54) is 18.2 Å². The van der Waals surface area contributed by atoms with Crippen molar-refractivity contribution in [2.45, 2.75) is 84.5 Å². The van der Waals surface area contributed by atoms with Crippen molar-refractivity contribution in [3.63, 3.8) is 0 Å². The lowest BCUT2D eigenvalue weighted by atomic mass is 9.93. The van der Waals surface area contributed by atoms with Gasteiger partial charge in [0.2, 0.25) is 12.4 Å². The van der Waals surface area contributed by atoms with Crippen molar-refractivity contribution in [2.24, 2.45) is 15.9 Å². The molecule has 20 nitrogen and oxygen atoms in total. The molecule has 1 N–H and O–H groups in total. The number of halogens is 1. The van der Waals surface area contributed by atoms with Crippen LogP contribution >= 0.6 is 15.9 Å². The molecule has 5 atom stereocenters. The summed E-state index contributed by atoms with van der Waals surface area (Å²) in [4.78, 5) is 65.9. The maximum Gasteiger partial charge on any atom is 0.501 e. The number of methoxy groups -OCH3 is 1. The number of hydrogen-bond acceptors (Lipinski definition) is 17. The van der Waals surface area contributed by atoms with Crippen LogP contribution in [0, 0.1) is 10.8 Å². The molecule has 0 saturated carbocycles. The molecular formula is C37H47BrN4O16S. The minimum atomic E-state index is -4.98. The Balaban J connectivity index is 2.02. The van der Waals surface area contributed by atoms with Crippen LogP contribution in [0.15, 0.2) is 47.6 Å². The summed E-state index contributed by atoms with van der Waals surface area (Å²) in [5.74, 6) is -5.81. The quantitative estimate of drug-likeness (QED) is 0.0480. The summed E-state index contributed by atoms with van der Waals surface area (Å²) in [5.41, 5.74) is 8.31. The van der Waals surface area contributed by atoms with Gasteiger partial charge in [0, 0.05) is 55.1 Å². The summed E-state index contributed by atoms with van der Waals surface area (Å²) in [6, 6.07) is 9.37. The predicted molar refractivity (Wildman–Crippen MR) is 208 cm³/mol. The topological polar surface area (TPSA) is 263 Å². The molecule has 0 aromatic heterocycles. The first-order valence-electron chi connectivity index (χ1n) is 17.8. The molecule has 0 radical (unpaired) electrons. The highest BCUT2D eigenvalue weighted by molar-refractivity contribution is 9.08. The van der Waals surface area contributed by atoms with Gasteiger partial charge in [-0.15, -0.1) is 8.42 Å². The molecule has 0 spiro atoms. The molecule has 1 saturated heterocycles. The van der Waals surface area contributed by atoms with Crippen molar-refractivity contribution in [2.75, 3.05) is 33.4 Å². The monoisotopic (exact) mass is 914 g/mol. The highest BCUT2D eigenvalue weighted by Crippen LogP contribution is 2.36. The van der Waals surface area contributed by atoms with Gasteiger partial charge < -0.3 is 46.8 Å². The number of alkyl halides is 1. The van der Waals surface area contributed by atoms with Gasteiger partial charge in [-0.1, -0.05) is 60.9 Å². The third kappa shape index (κ3) is 15.2. The minimum Gasteiger partial charge on any atom is -0.467 e. The van der Waals surface area contributed by atoms with Gasteiger partial charge in [-0.05, 0) is 46.8 Å². The van der Waals surface area contributed by atoms with Gasteiger partial charge in [-0.2, -0.15) is 0 Å². The van der Waals surface area contributed by atoms with Crippen molar-refractivity contribution in [1.29, 1.82) is 0 Å². The van der Waals surface area contributed by atoms with Crippen molar-refractivity contribution < 1.29 is 73.9 Å². The van der Waals surface area contributed by atoms with Crippen LogP contribution in [0.5, 0.6) is 17.2 Å². The van der Waals surface area contributed by atoms with Crippen molar-refractivity contribution in [1.82, 2.24) is 5.32 Å². The molecular weight excluding hydrogens is 868 g/mol. The summed E-state index contributed by atoms with van der Waals surface area (Å²) in [7, 11) is -3.98. The SMILES string of the molecule is COC(=O)[C@H]1O[C@@H](Oc2ccc(C(=O)NCC(C)(C)COCC(C)(C)CN=[N+]=[N-])cc2OS(=O)(=O)Oc2ccc(CBr)cc2)[C@H](OC(C)=O)[C@@H](OC(C)=O)[C@@H]1OC(C)=O. The van der Waals surface area contributed by atoms with E-state index in [9.17, 15) is 32.4 Å². The second kappa shape index (κ2) is 21.2. The summed E-state index contributed by atoms with van der Waals surface area (Å²) < 4.78 is 75.7. The van der Waals surface area contributed by atoms with E-state index in [0.29, 0.717) is 5.33 Å². The Morgan fingerprint density at radius 1 is 0.847 bits per heavy atom. The number of nitrogens with one attached hydrogen (secondary N) is 1. The van der Waals surface area contributed by atoms with E-state index in [0.717, 1.165) is 45.6 Å². The molecule has 2 aromatic carbocycles. The first kappa shape index (κ1) is 48.2. The van der Waals surface area contributed by atoms with Crippen LogP contribution in [0.3, 0.4) is 0 Å². The van der Waals surface area contributed by atoms with E-state index in [4.69, 9.17) is 47.1 Å². The van der Waals surface area contributed by atoms with Gasteiger partial charge in [0.1, 0.15) is 5.75 Å². The molecule has 0 aliphatic carbocycles. The summed E-state index contributed by atoms with van der Waals surface area (Å²) in [6.07, 6.45) is -8.93. The van der Waals surface area contributed by atoms with Crippen LogP contribution in [0.2, 0.25) is 0 Å². The number of hydrogen-bond donors (Lipinski definition) is 1. The third-order valence-corrected chi connectivity index (χ3v) is 9.45. The molecule has 22 heteroatoms. The fourth-order valence-corrected chi connectivity index (χ4v) is 6.44. The van der Waals surface area contributed by atoms with Crippen LogP contribution in [-0.2, 0) is 63.3 Å². The normalized spacial score (nSPS) is 19.2. The summed E-state index contributed by atoms with van der Waals surface area (Å²) in [6.45, 7) is 11.3. The zero-order valence-corrected chi connectivity index (χ0v) is 36.0. The Bertz CT molecular complexity index is 1990. The fraction of sp³-hybridized carbons (Fsp3) is 0.541. The molecule has 3 rings (SSSR count). The third-order valence-electron chi connectivity index (χ3n) is 8.03. The van der Waals surface area contributed by atoms with Crippen molar-refractivity contribution >= 4 is 56.1 Å². The van der Waals surface area contributed by atoms with Gasteiger partial charge in [0.05, 0.1) is 20.3 Å². The number of carbonyl (C=O) groups is 5. The molecule has 1 aliphatic heterocycles. The first-order chi connectivity index (χ1) is 27.6. The Hall–Kier alpha value is -5.15. The Labute approximate surface area is 349 Å². The maximum atomic E-state index is 13.5. The number of rotatable bonds is 20. The van der Waals surface area contributed by atoms with Crippen LogP contribution in [0.4, 0.5) is 0 Å². The Morgan fingerprint density at radius 2 is 1.44 bits per heavy atom. The van der Waals surface area contributed by atoms with E-state index in [1.807, 2.05) is 27.7 Å². The number of azide groups is 1. The summed E-state index contributed by atoms with van der Waals surface area (Å²) >= 11 is 3.30. The molecule has 1 amide bonds. The number of esters is 4. The number of amides is 1. The van der Waals surface area contributed by atoms with E-state index in [2.05, 4.69) is 31.3 Å². The first-order valence-corrected chi connectivity index (χ1v) is 20.3. The lowest BCUT2D eigenvalue weighted by molar-refractivity contribution is -0.282. The van der Waals surface area contributed by atoms with Crippen LogP contribution < -0.4 is 18.4 Å². The molecule has 1 heterocycles. The maximum absolute atomic E-state index is 13.5. The standard InChI is InChI=1S/C37H47BrN4O16S/c1-21(43)52-29-30(53-22(2)44)32(54-23(3)45)35(56-31(29)34(47)50-8)55-27-14-11-25(15-28(27)58-59(48,49)57-26-12-9-24(16-38)10-13-26)33(46)40-17-36(4,5)19-51-20-37(6,7)18-41-42-39/h9-15,29-32,35H,16-20H2,1-8H3,(H,40,46)/t29-,30-,31-,32+,35+/m0/s1. The average molecular weight is 916 g/mol. The summed E-state index contributed by atoms with van der Waals surface area (Å²) in [5, 5.41) is 6.86. The zero-order valence-electron chi connectivity index (χ0n) is 33.6. The number of nitrogens with zero attached hydrogens (tertiary/aromatic N) is 3. The van der Waals surface area contributed by atoms with E-state index in [-0.39, 0.29) is 37.6 Å². The zero-order chi connectivity index (χ0) is 44.1. The van der Waals surface area contributed by atoms with Gasteiger partial charge in [0.15, 0.2) is 29.8 Å². The minimum absolute atomic E-state index is 0.0960. The number of carbonyl (C=O) groups excluding carboxylic acids is 5. The van der Waals surface area contributed by atoms with E-state index < -0.39 is 93.2 Å². The van der Waals surface area contributed by atoms with Crippen LogP contribution in [0.25, 0.3) is 10.4 Å². The van der Waals surface area contributed by atoms with Crippen LogP contribution in [0.1, 0.15) is 64.4 Å². The number of ether oxygens (including phenoxy) is 7. The Kier molecular flexibility index (Phi) is 17.3. The average Bonchev–Trinajstić information content (AvgIpc) is 3.14. The lowest BCUT2D eigenvalue weighted by Gasteiger charge is -2.43. The molecule has 59 heavy (non-hydrogen) atoms. The molecule has 2 aromatic rings. The van der Waals surface area contributed by atoms with Crippen LogP contribution in [-0.4, -0.2) is 102 Å². The van der Waals surface area contributed by atoms with E-state index in [1.54, 1.807) is 12.1 Å². The smallest absolute Gasteiger partial charge is 0.467 e. The highest BCUT2D eigenvalue weighted by atomic mass is 79.9. The predicted octanol–water partition coefficient (Wildman–Crippen LogP) is 4.47. The molecule has 0 unspecified atom stereocenters.